The van der Waals surface area contributed by atoms with Gasteiger partial charge in [-0.1, -0.05) is 0 Å². The topological polar surface area (TPSA) is 78.0 Å². The number of nitrogens with zero attached hydrogens (tertiary/aromatic N) is 2. The van der Waals surface area contributed by atoms with E-state index in [0.29, 0.717) is 11.1 Å². The summed E-state index contributed by atoms with van der Waals surface area (Å²) in [5.74, 6) is -0.518. The van der Waals surface area contributed by atoms with Gasteiger partial charge in [-0.2, -0.15) is 18.3 Å². The van der Waals surface area contributed by atoms with E-state index in [1.54, 1.807) is 6.92 Å². The first-order valence-corrected chi connectivity index (χ1v) is 9.08. The average molecular weight is 399 g/mol. The molecular weight excluding hydrogens is 386 g/mol. The molecule has 0 aliphatic carbocycles. The molecule has 0 aliphatic rings. The number of primary sulfonamides is 1. The van der Waals surface area contributed by atoms with Gasteiger partial charge in [0.1, 0.15) is 5.82 Å². The number of aromatic nitrogens is 2. The SMILES string of the molecule is Cc1cc(F)ccc1-c1cc(C(F)(F)F)nn1-c1ccc(S(N)(=O)=O)cc1. The Balaban J connectivity index is 2.21. The number of hydrogen-bond acceptors (Lipinski definition) is 3. The Bertz CT molecular complexity index is 1100. The lowest BCUT2D eigenvalue weighted by molar-refractivity contribution is -0.141. The molecular formula is C17H13F4N3O2S. The summed E-state index contributed by atoms with van der Waals surface area (Å²) in [6, 6.07) is 9.46. The number of rotatable bonds is 3. The number of sulfonamides is 1. The van der Waals surface area contributed by atoms with E-state index < -0.39 is 27.7 Å². The lowest BCUT2D eigenvalue weighted by Gasteiger charge is -2.10. The normalized spacial score (nSPS) is 12.4. The second kappa shape index (κ2) is 6.46. The zero-order valence-electron chi connectivity index (χ0n) is 13.8. The molecule has 2 N–H and O–H groups in total. The van der Waals surface area contributed by atoms with Crippen molar-refractivity contribution in [2.45, 2.75) is 18.0 Å². The van der Waals surface area contributed by atoms with Crippen molar-refractivity contribution in [2.75, 3.05) is 0 Å². The largest absolute Gasteiger partial charge is 0.435 e. The van der Waals surface area contributed by atoms with Crippen molar-refractivity contribution < 1.29 is 26.0 Å². The molecule has 3 rings (SSSR count). The summed E-state index contributed by atoms with van der Waals surface area (Å²) in [5, 5.41) is 8.63. The fourth-order valence-corrected chi connectivity index (χ4v) is 3.12. The molecule has 0 aliphatic heterocycles. The molecule has 0 saturated carbocycles. The van der Waals surface area contributed by atoms with Crippen molar-refractivity contribution in [3.05, 3.63) is 65.6 Å². The summed E-state index contributed by atoms with van der Waals surface area (Å²) in [6.07, 6.45) is -4.69. The van der Waals surface area contributed by atoms with E-state index in [0.717, 1.165) is 16.8 Å². The Morgan fingerprint density at radius 2 is 1.67 bits per heavy atom. The van der Waals surface area contributed by atoms with Gasteiger partial charge in [0, 0.05) is 5.56 Å². The minimum Gasteiger partial charge on any atom is -0.232 e. The Kier molecular flexibility index (Phi) is 4.56. The van der Waals surface area contributed by atoms with Gasteiger partial charge < -0.3 is 0 Å². The molecule has 0 radical (unpaired) electrons. The molecule has 27 heavy (non-hydrogen) atoms. The van der Waals surface area contributed by atoms with Crippen LogP contribution in [-0.2, 0) is 16.2 Å². The van der Waals surface area contributed by atoms with E-state index in [9.17, 15) is 26.0 Å². The fourth-order valence-electron chi connectivity index (χ4n) is 2.60. The van der Waals surface area contributed by atoms with Crippen LogP contribution in [0.3, 0.4) is 0 Å². The van der Waals surface area contributed by atoms with Crippen molar-refractivity contribution >= 4 is 10.0 Å². The van der Waals surface area contributed by atoms with E-state index in [1.165, 1.54) is 36.4 Å². The maximum atomic E-state index is 13.4. The predicted molar refractivity (Wildman–Crippen MR) is 90.1 cm³/mol. The molecule has 0 saturated heterocycles. The van der Waals surface area contributed by atoms with Crippen LogP contribution in [0.2, 0.25) is 0 Å². The zero-order valence-corrected chi connectivity index (χ0v) is 14.6. The Morgan fingerprint density at radius 1 is 1.04 bits per heavy atom. The first-order chi connectivity index (χ1) is 12.5. The summed E-state index contributed by atoms with van der Waals surface area (Å²) in [5.41, 5.74) is -0.0718. The summed E-state index contributed by atoms with van der Waals surface area (Å²) in [6.45, 7) is 1.56. The molecule has 0 fully saturated rings. The fraction of sp³-hybridized carbons (Fsp3) is 0.118. The van der Waals surface area contributed by atoms with Crippen molar-refractivity contribution in [1.82, 2.24) is 9.78 Å². The number of benzene rings is 2. The van der Waals surface area contributed by atoms with Crippen LogP contribution in [0.1, 0.15) is 11.3 Å². The second-order valence-electron chi connectivity index (χ2n) is 5.82. The third kappa shape index (κ3) is 3.86. The predicted octanol–water partition coefficient (Wildman–Crippen LogP) is 3.65. The van der Waals surface area contributed by atoms with Gasteiger partial charge in [0.2, 0.25) is 10.0 Å². The highest BCUT2D eigenvalue weighted by Gasteiger charge is 2.35. The third-order valence-corrected chi connectivity index (χ3v) is 4.80. The molecule has 1 aromatic heterocycles. The minimum atomic E-state index is -4.69. The number of nitrogens with two attached hydrogens (primary N) is 1. The van der Waals surface area contributed by atoms with E-state index in [1.807, 2.05) is 0 Å². The average Bonchev–Trinajstić information content (AvgIpc) is 2.99. The van der Waals surface area contributed by atoms with Crippen LogP contribution in [0.25, 0.3) is 16.9 Å². The highest BCUT2D eigenvalue weighted by molar-refractivity contribution is 7.89. The van der Waals surface area contributed by atoms with Crippen LogP contribution in [0.15, 0.2) is 53.4 Å². The Morgan fingerprint density at radius 3 is 2.19 bits per heavy atom. The number of hydrogen-bond donors (Lipinski definition) is 1. The highest BCUT2D eigenvalue weighted by atomic mass is 32.2. The van der Waals surface area contributed by atoms with Crippen molar-refractivity contribution in [1.29, 1.82) is 0 Å². The second-order valence-corrected chi connectivity index (χ2v) is 7.38. The summed E-state index contributed by atoms with van der Waals surface area (Å²) in [4.78, 5) is -0.186. The molecule has 0 unspecified atom stereocenters. The lowest BCUT2D eigenvalue weighted by atomic mass is 10.0. The first kappa shape index (κ1) is 19.1. The maximum absolute atomic E-state index is 13.4. The van der Waals surface area contributed by atoms with Crippen LogP contribution in [-0.4, -0.2) is 18.2 Å². The molecule has 142 valence electrons. The quantitative estimate of drug-likeness (QED) is 0.683. The monoisotopic (exact) mass is 399 g/mol. The molecule has 1 heterocycles. The summed E-state index contributed by atoms with van der Waals surface area (Å²) >= 11 is 0. The van der Waals surface area contributed by atoms with Crippen molar-refractivity contribution in [3.63, 3.8) is 0 Å². The van der Waals surface area contributed by atoms with Gasteiger partial charge in [0.15, 0.2) is 5.69 Å². The number of aryl methyl sites for hydroxylation is 1. The molecule has 0 bridgehead atoms. The third-order valence-electron chi connectivity index (χ3n) is 3.87. The number of alkyl halides is 3. The lowest BCUT2D eigenvalue weighted by Crippen LogP contribution is -2.12. The smallest absolute Gasteiger partial charge is 0.232 e. The van der Waals surface area contributed by atoms with E-state index in [2.05, 4.69) is 5.10 Å². The van der Waals surface area contributed by atoms with Gasteiger partial charge in [0.25, 0.3) is 0 Å². The van der Waals surface area contributed by atoms with Crippen molar-refractivity contribution in [3.8, 4) is 16.9 Å². The van der Waals surface area contributed by atoms with Gasteiger partial charge in [-0.05, 0) is 61.0 Å². The Hall–Kier alpha value is -2.72. The number of halogens is 4. The molecule has 5 nitrogen and oxygen atoms in total. The van der Waals surface area contributed by atoms with Crippen LogP contribution >= 0.6 is 0 Å². The van der Waals surface area contributed by atoms with Gasteiger partial charge >= 0.3 is 6.18 Å². The van der Waals surface area contributed by atoms with Gasteiger partial charge in [-0.15, -0.1) is 0 Å². The minimum absolute atomic E-state index is 0.0863. The van der Waals surface area contributed by atoms with Crippen LogP contribution in [0, 0.1) is 12.7 Å². The maximum Gasteiger partial charge on any atom is 0.435 e. The molecule has 0 amide bonds. The highest BCUT2D eigenvalue weighted by Crippen LogP contribution is 2.34. The molecule has 2 aromatic carbocycles. The Labute approximate surface area is 152 Å². The first-order valence-electron chi connectivity index (χ1n) is 7.54. The van der Waals surface area contributed by atoms with E-state index in [-0.39, 0.29) is 16.3 Å². The molecule has 10 heteroatoms. The van der Waals surface area contributed by atoms with E-state index >= 15 is 0 Å². The van der Waals surface area contributed by atoms with Crippen molar-refractivity contribution in [2.24, 2.45) is 5.14 Å². The zero-order chi connectivity index (χ0) is 20.0. The van der Waals surface area contributed by atoms with E-state index in [4.69, 9.17) is 5.14 Å². The summed E-state index contributed by atoms with van der Waals surface area (Å²) in [7, 11) is -3.94. The molecule has 0 spiro atoms. The van der Waals surface area contributed by atoms with Crippen LogP contribution in [0.4, 0.5) is 17.6 Å². The molecule has 0 atom stereocenters. The van der Waals surface area contributed by atoms with Gasteiger partial charge in [-0.3, -0.25) is 0 Å². The van der Waals surface area contributed by atoms with Crippen LogP contribution in [0.5, 0.6) is 0 Å². The standard InChI is InChI=1S/C17H13F4N3O2S/c1-10-8-11(18)2-7-14(10)15-9-16(17(19,20)21)23-24(15)12-3-5-13(6-4-12)27(22,25)26/h2-9H,1H3,(H2,22,25,26). The van der Waals surface area contributed by atoms with Crippen LogP contribution < -0.4 is 5.14 Å². The van der Waals surface area contributed by atoms with Gasteiger partial charge in [0.05, 0.1) is 16.3 Å². The molecule has 3 aromatic rings. The summed E-state index contributed by atoms with van der Waals surface area (Å²) < 4.78 is 76.6. The van der Waals surface area contributed by atoms with Gasteiger partial charge in [-0.25, -0.2) is 22.6 Å².